The van der Waals surface area contributed by atoms with Crippen molar-refractivity contribution in [2.24, 2.45) is 0 Å². The molecule has 5 aromatic rings. The molecule has 3 nitrogen and oxygen atoms in total. The van der Waals surface area contributed by atoms with Gasteiger partial charge in [-0.1, -0.05) is 84.6 Å². The van der Waals surface area contributed by atoms with Crippen molar-refractivity contribution in [1.82, 2.24) is 10.3 Å². The molecule has 5 heteroatoms. The predicted molar refractivity (Wildman–Crippen MR) is 153 cm³/mol. The molecule has 0 radical (unpaired) electrons. The standard InChI is InChI=1S/C31H30N2OS2/c1-2-6-26-19-23(11-12-24(26)5-1)21-34-29-20-32-17-15-27(29)25-13-9-22(10-14-25)16-18-35-31-33-28-7-3-4-8-30(28)36-31/h1-14,19,27,29,32H,15-18,20-21H2. The largest absolute Gasteiger partial charge is 0.372 e. The summed E-state index contributed by atoms with van der Waals surface area (Å²) in [6.07, 6.45) is 2.34. The Bertz CT molecular complexity index is 1410. The van der Waals surface area contributed by atoms with Crippen LogP contribution in [0.25, 0.3) is 21.0 Å². The maximum absolute atomic E-state index is 6.48. The molecule has 0 saturated carbocycles. The second-order valence-electron chi connectivity index (χ2n) is 9.42. The summed E-state index contributed by atoms with van der Waals surface area (Å²) in [5, 5.41) is 6.08. The van der Waals surface area contributed by atoms with Crippen LogP contribution in [-0.2, 0) is 17.8 Å². The van der Waals surface area contributed by atoms with Crippen LogP contribution >= 0.6 is 23.1 Å². The molecule has 182 valence electrons. The normalized spacial score (nSPS) is 18.1. The Morgan fingerprint density at radius 2 is 1.69 bits per heavy atom. The Morgan fingerprint density at radius 3 is 2.58 bits per heavy atom. The summed E-state index contributed by atoms with van der Waals surface area (Å²) in [4.78, 5) is 4.74. The molecule has 0 aliphatic carbocycles. The zero-order chi connectivity index (χ0) is 24.2. The van der Waals surface area contributed by atoms with Gasteiger partial charge in [0, 0.05) is 18.2 Å². The van der Waals surface area contributed by atoms with Crippen molar-refractivity contribution in [3.05, 3.63) is 108 Å². The molecule has 2 unspecified atom stereocenters. The first-order valence-electron chi connectivity index (χ1n) is 12.7. The van der Waals surface area contributed by atoms with Gasteiger partial charge in [0.25, 0.3) is 0 Å². The number of nitrogens with zero attached hydrogens (tertiary/aromatic N) is 1. The number of rotatable bonds is 8. The third kappa shape index (κ3) is 5.50. The molecule has 4 aromatic carbocycles. The minimum absolute atomic E-state index is 0.186. The fraction of sp³-hybridized carbons (Fsp3) is 0.258. The van der Waals surface area contributed by atoms with E-state index in [-0.39, 0.29) is 6.10 Å². The smallest absolute Gasteiger partial charge is 0.151 e. The third-order valence-corrected chi connectivity index (χ3v) is 9.18. The van der Waals surface area contributed by atoms with Gasteiger partial charge < -0.3 is 10.1 Å². The summed E-state index contributed by atoms with van der Waals surface area (Å²) >= 11 is 3.65. The van der Waals surface area contributed by atoms with Gasteiger partial charge in [0.2, 0.25) is 0 Å². The summed E-state index contributed by atoms with van der Waals surface area (Å²) in [6.45, 7) is 2.59. The lowest BCUT2D eigenvalue weighted by molar-refractivity contribution is 0.0106. The van der Waals surface area contributed by atoms with Crippen LogP contribution in [0.1, 0.15) is 29.0 Å². The van der Waals surface area contributed by atoms with Crippen LogP contribution in [0.2, 0.25) is 0 Å². The summed E-state index contributed by atoms with van der Waals surface area (Å²) in [6, 6.07) is 32.8. The molecule has 6 rings (SSSR count). The van der Waals surface area contributed by atoms with Gasteiger partial charge in [-0.05, 0) is 65.0 Å². The molecule has 1 saturated heterocycles. The fourth-order valence-electron chi connectivity index (χ4n) is 5.02. The maximum Gasteiger partial charge on any atom is 0.151 e. The van der Waals surface area contributed by atoms with Gasteiger partial charge >= 0.3 is 0 Å². The lowest BCUT2D eigenvalue weighted by atomic mass is 9.87. The van der Waals surface area contributed by atoms with Crippen LogP contribution in [-0.4, -0.2) is 29.9 Å². The van der Waals surface area contributed by atoms with Crippen LogP contribution in [0.3, 0.4) is 0 Å². The number of fused-ring (bicyclic) bond motifs is 2. The van der Waals surface area contributed by atoms with E-state index in [1.807, 2.05) is 11.8 Å². The number of benzene rings is 4. The van der Waals surface area contributed by atoms with Crippen molar-refractivity contribution < 1.29 is 4.74 Å². The average Bonchev–Trinajstić information content (AvgIpc) is 3.35. The van der Waals surface area contributed by atoms with Gasteiger partial charge in [-0.2, -0.15) is 0 Å². The number of nitrogens with one attached hydrogen (secondary N) is 1. The van der Waals surface area contributed by atoms with Crippen LogP contribution in [0.4, 0.5) is 0 Å². The Labute approximate surface area is 220 Å². The SMILES string of the molecule is c1ccc2cc(COC3CNCCC3c3ccc(CCSc4nc5ccccc5s4)cc3)ccc2c1. The van der Waals surface area contributed by atoms with Crippen molar-refractivity contribution in [3.63, 3.8) is 0 Å². The summed E-state index contributed by atoms with van der Waals surface area (Å²) in [7, 11) is 0. The van der Waals surface area contributed by atoms with Gasteiger partial charge in [0.05, 0.1) is 22.9 Å². The van der Waals surface area contributed by atoms with E-state index in [1.54, 1.807) is 11.3 Å². The molecule has 36 heavy (non-hydrogen) atoms. The van der Waals surface area contributed by atoms with Crippen LogP contribution in [0, 0.1) is 0 Å². The highest BCUT2D eigenvalue weighted by atomic mass is 32.2. The quantitative estimate of drug-likeness (QED) is 0.220. The molecule has 0 amide bonds. The van der Waals surface area contributed by atoms with Crippen molar-refractivity contribution in [2.75, 3.05) is 18.8 Å². The molecular weight excluding hydrogens is 480 g/mol. The zero-order valence-corrected chi connectivity index (χ0v) is 21.9. The second-order valence-corrected chi connectivity index (χ2v) is 11.8. The van der Waals surface area contributed by atoms with Gasteiger partial charge in [-0.15, -0.1) is 11.3 Å². The van der Waals surface area contributed by atoms with E-state index in [0.29, 0.717) is 12.5 Å². The lowest BCUT2D eigenvalue weighted by Crippen LogP contribution is -2.40. The van der Waals surface area contributed by atoms with E-state index >= 15 is 0 Å². The Hall–Kier alpha value is -2.70. The van der Waals surface area contributed by atoms with E-state index in [9.17, 15) is 0 Å². The minimum Gasteiger partial charge on any atom is -0.372 e. The van der Waals surface area contributed by atoms with E-state index < -0.39 is 0 Å². The van der Waals surface area contributed by atoms with Crippen molar-refractivity contribution in [2.45, 2.75) is 35.8 Å². The lowest BCUT2D eigenvalue weighted by Gasteiger charge is -2.32. The molecule has 1 N–H and O–H groups in total. The number of hydrogen-bond donors (Lipinski definition) is 1. The first kappa shape index (κ1) is 23.7. The van der Waals surface area contributed by atoms with Gasteiger partial charge in [-0.3, -0.25) is 0 Å². The monoisotopic (exact) mass is 510 g/mol. The molecule has 2 heterocycles. The number of piperidine rings is 1. The highest BCUT2D eigenvalue weighted by molar-refractivity contribution is 8.01. The van der Waals surface area contributed by atoms with Gasteiger partial charge in [0.1, 0.15) is 0 Å². The molecule has 1 aliphatic heterocycles. The van der Waals surface area contributed by atoms with Crippen LogP contribution < -0.4 is 5.32 Å². The predicted octanol–water partition coefficient (Wildman–Crippen LogP) is 7.45. The number of aryl methyl sites for hydroxylation is 1. The molecular formula is C31H30N2OS2. The zero-order valence-electron chi connectivity index (χ0n) is 20.2. The number of thiazole rings is 1. The number of hydrogen-bond acceptors (Lipinski definition) is 5. The van der Waals surface area contributed by atoms with Crippen molar-refractivity contribution in [3.8, 4) is 0 Å². The third-order valence-electron chi connectivity index (χ3n) is 7.00. The molecule has 0 bridgehead atoms. The van der Waals surface area contributed by atoms with Crippen LogP contribution in [0.15, 0.2) is 95.3 Å². The summed E-state index contributed by atoms with van der Waals surface area (Å²) in [5.74, 6) is 1.47. The number of aromatic nitrogens is 1. The first-order valence-corrected chi connectivity index (χ1v) is 14.5. The van der Waals surface area contributed by atoms with Gasteiger partial charge in [-0.25, -0.2) is 4.98 Å². The van der Waals surface area contributed by atoms with E-state index in [4.69, 9.17) is 9.72 Å². The van der Waals surface area contributed by atoms with Crippen molar-refractivity contribution in [1.29, 1.82) is 0 Å². The van der Waals surface area contributed by atoms with E-state index in [0.717, 1.165) is 41.5 Å². The number of para-hydroxylation sites is 1. The minimum atomic E-state index is 0.186. The molecule has 1 aliphatic rings. The van der Waals surface area contributed by atoms with E-state index in [1.165, 1.54) is 32.2 Å². The van der Waals surface area contributed by atoms with Gasteiger partial charge in [0.15, 0.2) is 4.34 Å². The maximum atomic E-state index is 6.48. The van der Waals surface area contributed by atoms with Crippen LogP contribution in [0.5, 0.6) is 0 Å². The molecule has 1 aromatic heterocycles. The topological polar surface area (TPSA) is 34.1 Å². The Morgan fingerprint density at radius 1 is 0.889 bits per heavy atom. The molecule has 0 spiro atoms. The summed E-state index contributed by atoms with van der Waals surface area (Å²) in [5.41, 5.74) is 5.12. The Balaban J connectivity index is 1.05. The molecule has 2 atom stereocenters. The van der Waals surface area contributed by atoms with E-state index in [2.05, 4.69) is 96.3 Å². The average molecular weight is 511 g/mol. The number of thioether (sulfide) groups is 1. The highest BCUT2D eigenvalue weighted by Gasteiger charge is 2.27. The summed E-state index contributed by atoms with van der Waals surface area (Å²) < 4.78 is 8.91. The van der Waals surface area contributed by atoms with Crippen molar-refractivity contribution >= 4 is 44.1 Å². The Kier molecular flexibility index (Phi) is 7.33. The number of ether oxygens (including phenoxy) is 1. The fourth-order valence-corrected chi connectivity index (χ4v) is 7.15. The first-order chi connectivity index (χ1) is 17.8. The second kappa shape index (κ2) is 11.1. The molecule has 1 fully saturated rings. The highest BCUT2D eigenvalue weighted by Crippen LogP contribution is 2.31.